The van der Waals surface area contributed by atoms with Crippen LogP contribution >= 0.6 is 22.7 Å². The predicted octanol–water partition coefficient (Wildman–Crippen LogP) is 23.7. The molecule has 0 N–H and O–H groups in total. The number of nitrogens with zero attached hydrogens (tertiary/aromatic N) is 2. The predicted molar refractivity (Wildman–Crippen MR) is 369 cm³/mol. The summed E-state index contributed by atoms with van der Waals surface area (Å²) >= 11 is 3.82. The van der Waals surface area contributed by atoms with E-state index in [1.54, 1.807) is 0 Å². The van der Waals surface area contributed by atoms with Gasteiger partial charge in [0.05, 0.1) is 0 Å². The lowest BCUT2D eigenvalue weighted by atomic mass is 9.82. The van der Waals surface area contributed by atoms with Gasteiger partial charge in [0.2, 0.25) is 0 Å². The Morgan fingerprint density at radius 3 is 0.779 bits per heavy atom. The average molecular weight is 1140 g/mol. The third-order valence-electron chi connectivity index (χ3n) is 20.8. The second kappa shape index (κ2) is 17.3. The second-order valence-corrected chi connectivity index (χ2v) is 29.0. The van der Waals surface area contributed by atoms with Gasteiger partial charge in [-0.3, -0.25) is 0 Å². The van der Waals surface area contributed by atoms with Gasteiger partial charge in [0.15, 0.2) is 0 Å². The largest absolute Gasteiger partial charge is 0.310 e. The van der Waals surface area contributed by atoms with Gasteiger partial charge in [-0.15, -0.1) is 22.7 Å². The highest BCUT2D eigenvalue weighted by molar-refractivity contribution is 7.26. The maximum absolute atomic E-state index is 2.51. The summed E-state index contributed by atoms with van der Waals surface area (Å²) in [6.07, 6.45) is 0. The monoisotopic (exact) mass is 1140 g/mol. The topological polar surface area (TPSA) is 6.48 Å². The highest BCUT2D eigenvalue weighted by atomic mass is 32.1. The first-order valence-electron chi connectivity index (χ1n) is 30.5. The Kier molecular flexibility index (Phi) is 10.1. The summed E-state index contributed by atoms with van der Waals surface area (Å²) in [5.74, 6) is 0. The minimum absolute atomic E-state index is 0.124. The molecule has 412 valence electrons. The number of anilines is 6. The molecule has 0 spiro atoms. The van der Waals surface area contributed by atoms with Crippen molar-refractivity contribution >= 4 is 108 Å². The molecule has 0 saturated heterocycles. The maximum Gasteiger partial charge on any atom is 0.0476 e. The van der Waals surface area contributed by atoms with Crippen LogP contribution in [-0.2, 0) is 21.7 Å². The van der Waals surface area contributed by atoms with Crippen molar-refractivity contribution in [2.45, 2.75) is 77.0 Å². The van der Waals surface area contributed by atoms with E-state index in [9.17, 15) is 0 Å². The van der Waals surface area contributed by atoms with Crippen LogP contribution in [0.5, 0.6) is 0 Å². The summed E-state index contributed by atoms with van der Waals surface area (Å²) in [6.45, 7) is 19.1. The van der Waals surface area contributed by atoms with Crippen LogP contribution < -0.4 is 9.80 Å². The molecule has 0 fully saturated rings. The molecule has 0 atom stereocenters. The highest BCUT2D eigenvalue weighted by Crippen LogP contribution is 2.57. The van der Waals surface area contributed by atoms with Gasteiger partial charge in [-0.1, -0.05) is 189 Å². The third kappa shape index (κ3) is 6.83. The van der Waals surface area contributed by atoms with Gasteiger partial charge in [-0.05, 0) is 197 Å². The molecule has 0 radical (unpaired) electrons. The van der Waals surface area contributed by atoms with Gasteiger partial charge >= 0.3 is 0 Å². The standard InChI is InChI=1S/C82H62N2S2/c1-79(2)67-21-13-9-17-55(67)59-31-25-49(41-71(59)79)83(50-26-32-60-56-18-10-14-22-68(56)80(3,4)72(60)42-50)53-29-35-63-65-37-47-38-66-64-36-30-54(46-78(64)86-76(66)40-48(47)39-75(65)85-77(63)45-53)84(51-27-33-61-57-19-11-15-23-69(57)81(5,6)73(61)43-51)52-28-34-62-58-20-12-16-24-70(58)82(7,8)74(62)44-52/h9-46H,1-8H3. The van der Waals surface area contributed by atoms with Crippen molar-refractivity contribution in [1.29, 1.82) is 0 Å². The molecule has 0 saturated carbocycles. The summed E-state index contributed by atoms with van der Waals surface area (Å²) in [4.78, 5) is 5.03. The molecule has 0 amide bonds. The molecule has 14 aromatic rings. The van der Waals surface area contributed by atoms with E-state index in [-0.39, 0.29) is 21.7 Å². The molecular formula is C82H62N2S2. The summed E-state index contributed by atoms with van der Waals surface area (Å²) in [7, 11) is 0. The van der Waals surface area contributed by atoms with Crippen LogP contribution in [0, 0.1) is 0 Å². The lowest BCUT2D eigenvalue weighted by molar-refractivity contribution is 0.659. The first-order valence-corrected chi connectivity index (χ1v) is 32.1. The Morgan fingerprint density at radius 1 is 0.221 bits per heavy atom. The first-order chi connectivity index (χ1) is 41.6. The van der Waals surface area contributed by atoms with Crippen LogP contribution in [0.1, 0.15) is 99.9 Å². The van der Waals surface area contributed by atoms with Crippen LogP contribution in [0.15, 0.2) is 231 Å². The van der Waals surface area contributed by atoms with E-state index in [2.05, 4.69) is 296 Å². The van der Waals surface area contributed by atoms with Crippen molar-refractivity contribution in [3.63, 3.8) is 0 Å². The van der Waals surface area contributed by atoms with E-state index in [1.165, 1.54) is 163 Å². The van der Waals surface area contributed by atoms with Crippen LogP contribution in [-0.4, -0.2) is 0 Å². The van der Waals surface area contributed by atoms with Crippen molar-refractivity contribution in [3.05, 3.63) is 275 Å². The summed E-state index contributed by atoms with van der Waals surface area (Å²) in [6, 6.07) is 88.8. The molecule has 18 rings (SSSR count). The zero-order valence-corrected chi connectivity index (χ0v) is 51.3. The van der Waals surface area contributed by atoms with Crippen molar-refractivity contribution < 1.29 is 0 Å². The van der Waals surface area contributed by atoms with E-state index in [0.717, 1.165) is 11.4 Å². The summed E-state index contributed by atoms with van der Waals surface area (Å²) < 4.78 is 5.20. The van der Waals surface area contributed by atoms with E-state index in [4.69, 9.17) is 0 Å². The number of fused-ring (bicyclic) bond motifs is 19. The van der Waals surface area contributed by atoms with Crippen molar-refractivity contribution in [2.24, 2.45) is 0 Å². The summed E-state index contributed by atoms with van der Waals surface area (Å²) in [5.41, 5.74) is 28.3. The van der Waals surface area contributed by atoms with Crippen LogP contribution in [0.3, 0.4) is 0 Å². The van der Waals surface area contributed by atoms with Gasteiger partial charge in [0, 0.05) is 96.1 Å². The van der Waals surface area contributed by atoms with Crippen LogP contribution in [0.25, 0.3) is 95.6 Å². The van der Waals surface area contributed by atoms with Crippen molar-refractivity contribution in [1.82, 2.24) is 0 Å². The fourth-order valence-electron chi connectivity index (χ4n) is 16.3. The number of hydrogen-bond donors (Lipinski definition) is 0. The maximum atomic E-state index is 2.51. The van der Waals surface area contributed by atoms with E-state index in [0.29, 0.717) is 0 Å². The normalized spacial score (nSPS) is 15.6. The molecule has 2 aromatic heterocycles. The van der Waals surface area contributed by atoms with Crippen LogP contribution in [0.4, 0.5) is 34.1 Å². The number of thiophene rings is 2. The molecule has 0 aliphatic heterocycles. The zero-order chi connectivity index (χ0) is 57.9. The lowest BCUT2D eigenvalue weighted by Crippen LogP contribution is -2.18. The molecule has 4 aliphatic carbocycles. The highest BCUT2D eigenvalue weighted by Gasteiger charge is 2.40. The molecule has 12 aromatic carbocycles. The van der Waals surface area contributed by atoms with Crippen molar-refractivity contribution in [2.75, 3.05) is 9.80 Å². The number of hydrogen-bond acceptors (Lipinski definition) is 4. The Hall–Kier alpha value is -9.06. The molecule has 2 nitrogen and oxygen atoms in total. The third-order valence-corrected chi connectivity index (χ3v) is 23.0. The molecule has 4 heteroatoms. The SMILES string of the molecule is CC1(C)c2ccccc2-c2ccc(N(c3ccc4c(c3)C(C)(C)c3ccccc3-4)c3ccc4c(c3)sc3cc5cc6sc7cc(N(c8ccc9c(c8)C(C)(C)c8ccccc8-9)c8ccc9c(c8)C(C)(C)c8ccccc8-9)ccc7c6cc5cc34)cc21. The van der Waals surface area contributed by atoms with Gasteiger partial charge in [0.25, 0.3) is 0 Å². The average Bonchev–Trinajstić information content (AvgIpc) is 1.98. The smallest absolute Gasteiger partial charge is 0.0476 e. The minimum Gasteiger partial charge on any atom is -0.310 e. The number of rotatable bonds is 6. The Labute approximate surface area is 510 Å². The molecule has 86 heavy (non-hydrogen) atoms. The zero-order valence-electron chi connectivity index (χ0n) is 49.7. The first kappa shape index (κ1) is 50.3. The Bertz CT molecular complexity index is 4790. The Balaban J connectivity index is 0.747. The minimum atomic E-state index is -0.124. The molecule has 4 aliphatic rings. The molecule has 0 unspecified atom stereocenters. The van der Waals surface area contributed by atoms with Gasteiger partial charge in [-0.25, -0.2) is 0 Å². The van der Waals surface area contributed by atoms with Crippen molar-refractivity contribution in [3.8, 4) is 44.5 Å². The molecule has 2 heterocycles. The van der Waals surface area contributed by atoms with Gasteiger partial charge < -0.3 is 9.80 Å². The van der Waals surface area contributed by atoms with Crippen LogP contribution in [0.2, 0.25) is 0 Å². The van der Waals surface area contributed by atoms with Gasteiger partial charge in [-0.2, -0.15) is 0 Å². The lowest BCUT2D eigenvalue weighted by Gasteiger charge is -2.29. The fraction of sp³-hybridized carbons (Fsp3) is 0.146. The Morgan fingerprint density at radius 2 is 0.465 bits per heavy atom. The molecular weight excluding hydrogens is 1080 g/mol. The van der Waals surface area contributed by atoms with E-state index < -0.39 is 0 Å². The number of benzene rings is 12. The van der Waals surface area contributed by atoms with E-state index in [1.807, 2.05) is 22.7 Å². The van der Waals surface area contributed by atoms with E-state index >= 15 is 0 Å². The molecule has 0 bridgehead atoms. The van der Waals surface area contributed by atoms with Gasteiger partial charge in [0.1, 0.15) is 0 Å². The fourth-order valence-corrected chi connectivity index (χ4v) is 18.6. The second-order valence-electron chi connectivity index (χ2n) is 26.9. The quantitative estimate of drug-likeness (QED) is 0.164. The summed E-state index contributed by atoms with van der Waals surface area (Å²) in [5, 5.41) is 7.76.